The minimum atomic E-state index is -0.356. The molecule has 5 heteroatoms. The summed E-state index contributed by atoms with van der Waals surface area (Å²) in [6.07, 6.45) is 0. The summed E-state index contributed by atoms with van der Waals surface area (Å²) >= 11 is 3.08. The van der Waals surface area contributed by atoms with Gasteiger partial charge >= 0.3 is 0 Å². The van der Waals surface area contributed by atoms with Crippen LogP contribution in [0.25, 0.3) is 0 Å². The van der Waals surface area contributed by atoms with Crippen LogP contribution in [0.3, 0.4) is 0 Å². The van der Waals surface area contributed by atoms with E-state index in [9.17, 15) is 4.39 Å². The van der Waals surface area contributed by atoms with Crippen LogP contribution in [-0.2, 0) is 13.2 Å². The lowest BCUT2D eigenvalue weighted by molar-refractivity contribution is 0.265. The monoisotopic (exact) mass is 313 g/mol. The fraction of sp³-hybridized carbons (Fsp3) is 0.231. The van der Waals surface area contributed by atoms with Crippen LogP contribution in [0.4, 0.5) is 4.39 Å². The quantitative estimate of drug-likeness (QED) is 0.939. The lowest BCUT2D eigenvalue weighted by Gasteiger charge is -2.04. The fourth-order valence-corrected chi connectivity index (χ4v) is 1.83. The summed E-state index contributed by atoms with van der Waals surface area (Å²) in [5.41, 5.74) is 6.52. The van der Waals surface area contributed by atoms with Gasteiger partial charge < -0.3 is 14.9 Å². The van der Waals surface area contributed by atoms with Gasteiger partial charge in [-0.25, -0.2) is 4.39 Å². The maximum Gasteiger partial charge on any atom is 0.146 e. The van der Waals surface area contributed by atoms with Crippen molar-refractivity contribution >= 4 is 15.9 Å². The van der Waals surface area contributed by atoms with Crippen LogP contribution in [0.2, 0.25) is 0 Å². The Kier molecular flexibility index (Phi) is 4.04. The topological polar surface area (TPSA) is 48.4 Å². The predicted molar refractivity (Wildman–Crippen MR) is 69.8 cm³/mol. The van der Waals surface area contributed by atoms with E-state index < -0.39 is 0 Å². The molecule has 0 amide bonds. The normalized spacial score (nSPS) is 10.7. The maximum absolute atomic E-state index is 13.3. The first-order valence-corrected chi connectivity index (χ1v) is 6.25. The first kappa shape index (κ1) is 13.1. The average Bonchev–Trinajstić information content (AvgIpc) is 2.71. The summed E-state index contributed by atoms with van der Waals surface area (Å²) in [6, 6.07) is 6.48. The Balaban J connectivity index is 2.04. The maximum atomic E-state index is 13.3. The number of rotatable bonds is 4. The lowest BCUT2D eigenvalue weighted by Crippen LogP contribution is -1.96. The highest BCUT2D eigenvalue weighted by Gasteiger charge is 2.07. The van der Waals surface area contributed by atoms with Gasteiger partial charge in [-0.1, -0.05) is 0 Å². The van der Waals surface area contributed by atoms with E-state index in [-0.39, 0.29) is 12.4 Å². The molecule has 0 atom stereocenters. The molecule has 0 aliphatic rings. The fourth-order valence-electron chi connectivity index (χ4n) is 1.59. The summed E-state index contributed by atoms with van der Waals surface area (Å²) in [6.45, 7) is 2.54. The van der Waals surface area contributed by atoms with Gasteiger partial charge in [0.1, 0.15) is 29.7 Å². The van der Waals surface area contributed by atoms with Crippen LogP contribution in [-0.4, -0.2) is 0 Å². The highest BCUT2D eigenvalue weighted by atomic mass is 79.9. The van der Waals surface area contributed by atoms with Crippen LogP contribution < -0.4 is 10.5 Å². The molecule has 0 aliphatic heterocycles. The Labute approximate surface area is 113 Å². The molecule has 0 radical (unpaired) electrons. The zero-order valence-electron chi connectivity index (χ0n) is 9.87. The Morgan fingerprint density at radius 3 is 2.78 bits per heavy atom. The van der Waals surface area contributed by atoms with E-state index in [0.29, 0.717) is 22.5 Å². The van der Waals surface area contributed by atoms with E-state index in [4.69, 9.17) is 14.9 Å². The Bertz CT molecular complexity index is 554. The van der Waals surface area contributed by atoms with E-state index in [1.165, 1.54) is 6.07 Å². The van der Waals surface area contributed by atoms with E-state index in [0.717, 1.165) is 11.3 Å². The van der Waals surface area contributed by atoms with Crippen molar-refractivity contribution in [2.24, 2.45) is 5.73 Å². The molecule has 1 aromatic heterocycles. The van der Waals surface area contributed by atoms with E-state index in [1.54, 1.807) is 12.1 Å². The van der Waals surface area contributed by atoms with Gasteiger partial charge in [-0.15, -0.1) is 0 Å². The molecule has 0 saturated heterocycles. The third kappa shape index (κ3) is 2.91. The zero-order chi connectivity index (χ0) is 13.1. The molecule has 1 heterocycles. The summed E-state index contributed by atoms with van der Waals surface area (Å²) in [7, 11) is 0. The third-order valence-corrected chi connectivity index (χ3v) is 3.17. The molecule has 2 rings (SSSR count). The minimum absolute atomic E-state index is 0.252. The largest absolute Gasteiger partial charge is 0.486 e. The number of benzene rings is 1. The third-order valence-electron chi connectivity index (χ3n) is 2.53. The number of hydrogen-bond acceptors (Lipinski definition) is 3. The molecule has 0 unspecified atom stereocenters. The Morgan fingerprint density at radius 2 is 2.17 bits per heavy atom. The molecule has 1 aromatic carbocycles. The second-order valence-electron chi connectivity index (χ2n) is 3.89. The molecule has 0 spiro atoms. The number of halogens is 2. The zero-order valence-corrected chi connectivity index (χ0v) is 11.5. The van der Waals surface area contributed by atoms with Crippen molar-refractivity contribution in [3.05, 3.63) is 51.6 Å². The Morgan fingerprint density at radius 1 is 1.39 bits per heavy atom. The van der Waals surface area contributed by atoms with Gasteiger partial charge in [0.15, 0.2) is 0 Å². The molecule has 2 N–H and O–H groups in total. The van der Waals surface area contributed by atoms with Crippen molar-refractivity contribution in [3.8, 4) is 5.75 Å². The summed E-state index contributed by atoms with van der Waals surface area (Å²) in [4.78, 5) is 0. The molecule has 2 aromatic rings. The number of ether oxygens (including phenoxy) is 1. The van der Waals surface area contributed by atoms with Gasteiger partial charge in [-0.3, -0.25) is 0 Å². The lowest BCUT2D eigenvalue weighted by atomic mass is 10.2. The molecule has 0 fully saturated rings. The summed E-state index contributed by atoms with van der Waals surface area (Å²) in [5.74, 6) is 1.52. The summed E-state index contributed by atoms with van der Waals surface area (Å²) in [5, 5.41) is 0. The standard InChI is InChI=1S/C13H13BrFNO2/c1-8-4-10(18-13(8)6-16)7-17-9-2-3-11(14)12(15)5-9/h2-5H,6-7,16H2,1H3. The molecule has 0 bridgehead atoms. The van der Waals surface area contributed by atoms with Crippen molar-refractivity contribution < 1.29 is 13.5 Å². The molecule has 0 aliphatic carbocycles. The van der Waals surface area contributed by atoms with E-state index >= 15 is 0 Å². The van der Waals surface area contributed by atoms with Gasteiger partial charge in [0, 0.05) is 6.07 Å². The highest BCUT2D eigenvalue weighted by Crippen LogP contribution is 2.22. The number of hydrogen-bond donors (Lipinski definition) is 1. The average molecular weight is 314 g/mol. The predicted octanol–water partition coefficient (Wildman–Crippen LogP) is 3.53. The first-order valence-electron chi connectivity index (χ1n) is 5.46. The van der Waals surface area contributed by atoms with Crippen molar-refractivity contribution in [2.75, 3.05) is 0 Å². The first-order chi connectivity index (χ1) is 8.60. The van der Waals surface area contributed by atoms with E-state index in [1.807, 2.05) is 13.0 Å². The SMILES string of the molecule is Cc1cc(COc2ccc(Br)c(F)c2)oc1CN. The van der Waals surface area contributed by atoms with Crippen molar-refractivity contribution in [2.45, 2.75) is 20.1 Å². The molecule has 0 saturated carbocycles. The summed E-state index contributed by atoms with van der Waals surface area (Å²) < 4.78 is 24.6. The minimum Gasteiger partial charge on any atom is -0.486 e. The smallest absolute Gasteiger partial charge is 0.146 e. The molecular formula is C13H13BrFNO2. The van der Waals surface area contributed by atoms with Crippen LogP contribution in [0.5, 0.6) is 5.75 Å². The van der Waals surface area contributed by atoms with Crippen LogP contribution >= 0.6 is 15.9 Å². The number of nitrogens with two attached hydrogens (primary N) is 1. The van der Waals surface area contributed by atoms with Crippen molar-refractivity contribution in [1.82, 2.24) is 0 Å². The highest BCUT2D eigenvalue weighted by molar-refractivity contribution is 9.10. The molecule has 3 nitrogen and oxygen atoms in total. The van der Waals surface area contributed by atoms with Gasteiger partial charge in [0.2, 0.25) is 0 Å². The molecule has 18 heavy (non-hydrogen) atoms. The van der Waals surface area contributed by atoms with Crippen molar-refractivity contribution in [3.63, 3.8) is 0 Å². The molecule has 96 valence electrons. The molecular weight excluding hydrogens is 301 g/mol. The van der Waals surface area contributed by atoms with Gasteiger partial charge in [-0.2, -0.15) is 0 Å². The van der Waals surface area contributed by atoms with E-state index in [2.05, 4.69) is 15.9 Å². The number of furan rings is 1. The second-order valence-corrected chi connectivity index (χ2v) is 4.74. The van der Waals surface area contributed by atoms with Crippen LogP contribution in [0.15, 0.2) is 33.2 Å². The number of aryl methyl sites for hydroxylation is 1. The second kappa shape index (κ2) is 5.54. The van der Waals surface area contributed by atoms with Crippen molar-refractivity contribution in [1.29, 1.82) is 0 Å². The van der Waals surface area contributed by atoms with Gasteiger partial charge in [0.05, 0.1) is 11.0 Å². The van der Waals surface area contributed by atoms with Gasteiger partial charge in [-0.05, 0) is 46.6 Å². The van der Waals surface area contributed by atoms with Gasteiger partial charge in [0.25, 0.3) is 0 Å². The van der Waals surface area contributed by atoms with Crippen LogP contribution in [0.1, 0.15) is 17.1 Å². The van der Waals surface area contributed by atoms with Crippen LogP contribution in [0, 0.1) is 12.7 Å². The Hall–Kier alpha value is -1.33.